The van der Waals surface area contributed by atoms with Gasteiger partial charge in [0.05, 0.1) is 6.10 Å². The summed E-state index contributed by atoms with van der Waals surface area (Å²) in [4.78, 5) is 0. The number of unbranched alkanes of at least 4 members (excludes halogenated alkanes) is 8. The second-order valence-corrected chi connectivity index (χ2v) is 5.88. The van der Waals surface area contributed by atoms with Gasteiger partial charge in [-0.1, -0.05) is 71.1 Å². The van der Waals surface area contributed by atoms with Crippen LogP contribution in [0.4, 0.5) is 0 Å². The monoisotopic (exact) mass is 240 g/mol. The van der Waals surface area contributed by atoms with Gasteiger partial charge in [-0.15, -0.1) is 0 Å². The maximum Gasteiger partial charge on any atom is 0.0568 e. The van der Waals surface area contributed by atoms with Crippen LogP contribution < -0.4 is 0 Å². The van der Waals surface area contributed by atoms with Crippen LogP contribution >= 0.6 is 0 Å². The van der Waals surface area contributed by atoms with Crippen molar-refractivity contribution in [1.82, 2.24) is 0 Å². The van der Waals surface area contributed by atoms with Crippen molar-refractivity contribution in [1.29, 1.82) is 0 Å². The molecule has 1 atom stereocenters. The molecule has 1 heteroatoms. The first-order chi connectivity index (χ1) is 8.34. The largest absolute Gasteiger partial charge is 0.393 e. The predicted octanol–water partition coefficient (Wildman–Crippen LogP) is 5.07. The Hall–Kier alpha value is -0.0400. The molecular weight excluding hydrogens is 208 g/mol. The summed E-state index contributed by atoms with van der Waals surface area (Å²) in [5.74, 6) is 0.657. The van der Waals surface area contributed by atoms with Gasteiger partial charge in [0.2, 0.25) is 0 Å². The number of rotatable bonds is 11. The van der Waals surface area contributed by atoms with E-state index in [9.17, 15) is 5.11 Å². The van der Waals surface area contributed by atoms with Crippen LogP contribution in [-0.4, -0.2) is 11.2 Å². The van der Waals surface area contributed by atoms with Crippen LogP contribution in [0, 0.1) is 5.92 Å². The minimum Gasteiger partial charge on any atom is -0.393 e. The van der Waals surface area contributed by atoms with E-state index >= 15 is 0 Å². The third kappa shape index (κ3) is 7.08. The normalized spacial score (nSPS) is 18.0. The fourth-order valence-corrected chi connectivity index (χ4v) is 2.72. The zero-order chi connectivity index (χ0) is 12.3. The van der Waals surface area contributed by atoms with Crippen LogP contribution in [0.25, 0.3) is 0 Å². The number of hydrogen-bond acceptors (Lipinski definition) is 1. The Bertz CT molecular complexity index is 163. The van der Waals surface area contributed by atoms with Crippen LogP contribution in [0.2, 0.25) is 0 Å². The summed E-state index contributed by atoms with van der Waals surface area (Å²) in [7, 11) is 0. The van der Waals surface area contributed by atoms with Crippen molar-refractivity contribution in [3.05, 3.63) is 0 Å². The van der Waals surface area contributed by atoms with Gasteiger partial charge in [0, 0.05) is 0 Å². The van der Waals surface area contributed by atoms with E-state index < -0.39 is 0 Å². The molecular formula is C16H32O. The molecule has 0 aromatic heterocycles. The van der Waals surface area contributed by atoms with E-state index in [2.05, 4.69) is 6.92 Å². The van der Waals surface area contributed by atoms with E-state index in [0.717, 1.165) is 6.42 Å². The molecule has 1 aliphatic rings. The van der Waals surface area contributed by atoms with Gasteiger partial charge in [-0.05, 0) is 25.2 Å². The predicted molar refractivity (Wildman–Crippen MR) is 75.2 cm³/mol. The van der Waals surface area contributed by atoms with Crippen molar-refractivity contribution in [3.63, 3.8) is 0 Å². The molecule has 1 N–H and O–H groups in total. The summed E-state index contributed by atoms with van der Waals surface area (Å²) in [6.45, 7) is 2.27. The Morgan fingerprint density at radius 1 is 0.882 bits per heavy atom. The van der Waals surface area contributed by atoms with Crippen LogP contribution in [0.15, 0.2) is 0 Å². The maximum atomic E-state index is 9.87. The zero-order valence-corrected chi connectivity index (χ0v) is 11.8. The summed E-state index contributed by atoms with van der Waals surface area (Å²) in [6, 6.07) is 0. The molecule has 1 nitrogen and oxygen atoms in total. The van der Waals surface area contributed by atoms with E-state index in [0.29, 0.717) is 5.92 Å². The molecule has 1 aliphatic carbocycles. The van der Waals surface area contributed by atoms with E-state index in [1.807, 2.05) is 0 Å². The molecule has 0 radical (unpaired) electrons. The lowest BCUT2D eigenvalue weighted by molar-refractivity contribution is 0.0536. The molecule has 0 spiro atoms. The van der Waals surface area contributed by atoms with E-state index in [4.69, 9.17) is 0 Å². The van der Waals surface area contributed by atoms with Gasteiger partial charge in [0.15, 0.2) is 0 Å². The average Bonchev–Trinajstić information content (AvgIpc) is 2.24. The maximum absolute atomic E-state index is 9.87. The standard InChI is InChI=1S/C16H32O/c1-2-3-4-5-6-7-8-9-10-14-16(17)15-12-11-13-15/h15-17H,2-14H2,1H3. The summed E-state index contributed by atoms with van der Waals surface area (Å²) < 4.78 is 0. The number of hydrogen-bond donors (Lipinski definition) is 1. The second-order valence-electron chi connectivity index (χ2n) is 5.88. The molecule has 1 fully saturated rings. The van der Waals surface area contributed by atoms with Gasteiger partial charge in [0.1, 0.15) is 0 Å². The minimum absolute atomic E-state index is 0.0216. The van der Waals surface area contributed by atoms with Crippen molar-refractivity contribution in [2.75, 3.05) is 0 Å². The molecule has 1 unspecified atom stereocenters. The van der Waals surface area contributed by atoms with Crippen molar-refractivity contribution in [2.24, 2.45) is 5.92 Å². The smallest absolute Gasteiger partial charge is 0.0568 e. The lowest BCUT2D eigenvalue weighted by atomic mass is 9.79. The van der Waals surface area contributed by atoms with E-state index in [1.165, 1.54) is 77.0 Å². The Kier molecular flexibility index (Phi) is 8.78. The molecule has 102 valence electrons. The Labute approximate surface area is 108 Å². The molecule has 0 bridgehead atoms. The highest BCUT2D eigenvalue weighted by molar-refractivity contribution is 4.76. The quantitative estimate of drug-likeness (QED) is 0.500. The molecule has 0 aliphatic heterocycles. The third-order valence-electron chi connectivity index (χ3n) is 4.30. The average molecular weight is 240 g/mol. The van der Waals surface area contributed by atoms with Crippen molar-refractivity contribution >= 4 is 0 Å². The topological polar surface area (TPSA) is 20.2 Å². The summed E-state index contributed by atoms with van der Waals surface area (Å²) in [5, 5.41) is 9.87. The highest BCUT2D eigenvalue weighted by Gasteiger charge is 2.24. The Morgan fingerprint density at radius 3 is 1.88 bits per heavy atom. The van der Waals surface area contributed by atoms with Crippen LogP contribution in [-0.2, 0) is 0 Å². The lowest BCUT2D eigenvalue weighted by Crippen LogP contribution is -2.26. The first-order valence-corrected chi connectivity index (χ1v) is 8.02. The third-order valence-corrected chi connectivity index (χ3v) is 4.30. The summed E-state index contributed by atoms with van der Waals surface area (Å²) >= 11 is 0. The highest BCUT2D eigenvalue weighted by Crippen LogP contribution is 2.31. The molecule has 1 rings (SSSR count). The number of aliphatic hydroxyl groups is 1. The Morgan fingerprint density at radius 2 is 1.41 bits per heavy atom. The molecule has 0 aromatic rings. The zero-order valence-electron chi connectivity index (χ0n) is 11.8. The van der Waals surface area contributed by atoms with Crippen molar-refractivity contribution < 1.29 is 5.11 Å². The fraction of sp³-hybridized carbons (Fsp3) is 1.00. The molecule has 0 amide bonds. The lowest BCUT2D eigenvalue weighted by Gasteiger charge is -2.30. The second kappa shape index (κ2) is 9.94. The van der Waals surface area contributed by atoms with E-state index in [1.54, 1.807) is 0 Å². The fourth-order valence-electron chi connectivity index (χ4n) is 2.72. The first-order valence-electron chi connectivity index (χ1n) is 8.02. The molecule has 17 heavy (non-hydrogen) atoms. The first kappa shape index (κ1) is 15.0. The minimum atomic E-state index is 0.0216. The van der Waals surface area contributed by atoms with Gasteiger partial charge in [-0.25, -0.2) is 0 Å². The van der Waals surface area contributed by atoms with E-state index in [-0.39, 0.29) is 6.10 Å². The SMILES string of the molecule is CCCCCCCCCCCC(O)C1CCC1. The summed E-state index contributed by atoms with van der Waals surface area (Å²) in [6.07, 6.45) is 17.4. The molecule has 0 aromatic carbocycles. The van der Waals surface area contributed by atoms with Gasteiger partial charge < -0.3 is 5.11 Å². The van der Waals surface area contributed by atoms with Gasteiger partial charge in [0.25, 0.3) is 0 Å². The van der Waals surface area contributed by atoms with Gasteiger partial charge in [-0.2, -0.15) is 0 Å². The Balaban J connectivity index is 1.74. The highest BCUT2D eigenvalue weighted by atomic mass is 16.3. The number of aliphatic hydroxyl groups excluding tert-OH is 1. The van der Waals surface area contributed by atoms with Crippen molar-refractivity contribution in [3.8, 4) is 0 Å². The van der Waals surface area contributed by atoms with Crippen LogP contribution in [0.5, 0.6) is 0 Å². The van der Waals surface area contributed by atoms with Gasteiger partial charge in [-0.3, -0.25) is 0 Å². The molecule has 0 saturated heterocycles. The molecule has 1 saturated carbocycles. The van der Waals surface area contributed by atoms with Gasteiger partial charge >= 0.3 is 0 Å². The van der Waals surface area contributed by atoms with Crippen molar-refractivity contribution in [2.45, 2.75) is 96.5 Å². The molecule has 0 heterocycles. The summed E-state index contributed by atoms with van der Waals surface area (Å²) in [5.41, 5.74) is 0. The van der Waals surface area contributed by atoms with Crippen LogP contribution in [0.1, 0.15) is 90.4 Å². The van der Waals surface area contributed by atoms with Crippen LogP contribution in [0.3, 0.4) is 0 Å².